The zero-order valence-corrected chi connectivity index (χ0v) is 15.9. The maximum atomic E-state index is 13.0. The van der Waals surface area contributed by atoms with Crippen LogP contribution in [0.5, 0.6) is 11.5 Å². The van der Waals surface area contributed by atoms with Crippen molar-refractivity contribution in [1.82, 2.24) is 10.2 Å². The molecule has 0 saturated heterocycles. The molecule has 26 heavy (non-hydrogen) atoms. The summed E-state index contributed by atoms with van der Waals surface area (Å²) in [5.41, 5.74) is 1.96. The van der Waals surface area contributed by atoms with Crippen LogP contribution in [0.3, 0.4) is 0 Å². The monoisotopic (exact) mass is 360 g/mol. The van der Waals surface area contributed by atoms with E-state index >= 15 is 0 Å². The number of hydrogen-bond acceptors (Lipinski definition) is 4. The van der Waals surface area contributed by atoms with Crippen molar-refractivity contribution in [3.8, 4) is 11.5 Å². The van der Waals surface area contributed by atoms with Gasteiger partial charge in [0.1, 0.15) is 12.4 Å². The third kappa shape index (κ3) is 6.00. The Labute approximate surface area is 155 Å². The first-order valence-electron chi connectivity index (χ1n) is 9.14. The van der Waals surface area contributed by atoms with E-state index in [4.69, 9.17) is 9.47 Å². The van der Waals surface area contributed by atoms with E-state index in [1.54, 1.807) is 19.2 Å². The fraction of sp³-hybridized carbons (Fsp3) is 0.429. The molecule has 0 unspecified atom stereocenters. The van der Waals surface area contributed by atoms with E-state index < -0.39 is 0 Å². The molecule has 2 aromatic rings. The molecule has 0 saturated carbocycles. The van der Waals surface area contributed by atoms with Crippen molar-refractivity contribution in [2.24, 2.45) is 0 Å². The normalized spacial score (nSPS) is 11.0. The fourth-order valence-electron chi connectivity index (χ4n) is 2.76. The smallest absolute Gasteiger partial charge is 0.166 e. The Morgan fingerprint density at radius 3 is 2.42 bits per heavy atom. The Kier molecular flexibility index (Phi) is 8.38. The van der Waals surface area contributed by atoms with Crippen molar-refractivity contribution in [3.63, 3.8) is 0 Å². The molecular weight excluding hydrogens is 331 g/mol. The first kappa shape index (κ1) is 20.2. The molecule has 1 N–H and O–H groups in total. The first-order valence-corrected chi connectivity index (χ1v) is 9.14. The maximum absolute atomic E-state index is 13.0. The second kappa shape index (κ2) is 10.8. The van der Waals surface area contributed by atoms with Crippen molar-refractivity contribution in [2.75, 3.05) is 33.3 Å². The predicted molar refractivity (Wildman–Crippen MR) is 103 cm³/mol. The highest BCUT2D eigenvalue weighted by Crippen LogP contribution is 2.31. The van der Waals surface area contributed by atoms with Crippen LogP contribution in [0.25, 0.3) is 0 Å². The summed E-state index contributed by atoms with van der Waals surface area (Å²) in [5.74, 6) is 1.19. The number of likely N-dealkylation sites (N-methyl/N-ethyl adjacent to an activating group) is 1. The number of para-hydroxylation sites is 1. The molecule has 4 nitrogen and oxygen atoms in total. The van der Waals surface area contributed by atoms with Crippen molar-refractivity contribution < 1.29 is 13.9 Å². The quantitative estimate of drug-likeness (QED) is 0.617. The fourth-order valence-corrected chi connectivity index (χ4v) is 2.76. The van der Waals surface area contributed by atoms with Crippen LogP contribution in [0.2, 0.25) is 0 Å². The highest BCUT2D eigenvalue weighted by Gasteiger charge is 2.11. The zero-order chi connectivity index (χ0) is 18.8. The van der Waals surface area contributed by atoms with E-state index in [1.807, 2.05) is 18.2 Å². The Morgan fingerprint density at radius 2 is 1.77 bits per heavy atom. The number of ether oxygens (including phenoxy) is 2. The van der Waals surface area contributed by atoms with Gasteiger partial charge in [0, 0.05) is 25.2 Å². The average Bonchev–Trinajstić information content (AvgIpc) is 2.68. The highest BCUT2D eigenvalue weighted by atomic mass is 19.1. The van der Waals surface area contributed by atoms with Crippen molar-refractivity contribution in [3.05, 3.63) is 59.4 Å². The number of halogens is 1. The number of nitrogens with zero attached hydrogens (tertiary/aromatic N) is 1. The summed E-state index contributed by atoms with van der Waals surface area (Å²) in [6.07, 6.45) is 0. The molecule has 0 aliphatic rings. The van der Waals surface area contributed by atoms with E-state index in [9.17, 15) is 4.39 Å². The number of methoxy groups -OCH3 is 1. The molecule has 0 amide bonds. The van der Waals surface area contributed by atoms with Gasteiger partial charge in [-0.2, -0.15) is 0 Å². The molecule has 0 heterocycles. The van der Waals surface area contributed by atoms with Gasteiger partial charge in [-0.15, -0.1) is 0 Å². The van der Waals surface area contributed by atoms with Gasteiger partial charge >= 0.3 is 0 Å². The maximum Gasteiger partial charge on any atom is 0.166 e. The van der Waals surface area contributed by atoms with Crippen LogP contribution in [-0.2, 0) is 13.2 Å². The predicted octanol–water partition coefficient (Wildman–Crippen LogP) is 3.84. The van der Waals surface area contributed by atoms with Crippen LogP contribution in [0.4, 0.5) is 4.39 Å². The highest BCUT2D eigenvalue weighted by molar-refractivity contribution is 5.46. The lowest BCUT2D eigenvalue weighted by Crippen LogP contribution is -2.31. The minimum atomic E-state index is -0.246. The van der Waals surface area contributed by atoms with E-state index in [0.717, 1.165) is 43.1 Å². The Balaban J connectivity index is 1.98. The molecule has 2 rings (SSSR count). The van der Waals surface area contributed by atoms with Crippen molar-refractivity contribution >= 4 is 0 Å². The van der Waals surface area contributed by atoms with Gasteiger partial charge in [0.2, 0.25) is 0 Å². The van der Waals surface area contributed by atoms with Gasteiger partial charge in [-0.05, 0) is 36.9 Å². The summed E-state index contributed by atoms with van der Waals surface area (Å²) in [7, 11) is 1.64. The molecular formula is C21H29FN2O2. The molecule has 0 bridgehead atoms. The summed E-state index contributed by atoms with van der Waals surface area (Å²) < 4.78 is 24.5. The minimum absolute atomic E-state index is 0.246. The van der Waals surface area contributed by atoms with E-state index in [2.05, 4.69) is 24.1 Å². The molecule has 2 aromatic carbocycles. The molecule has 0 aliphatic heterocycles. The van der Waals surface area contributed by atoms with Gasteiger partial charge in [-0.3, -0.25) is 0 Å². The number of rotatable bonds is 11. The van der Waals surface area contributed by atoms with E-state index in [0.29, 0.717) is 18.9 Å². The van der Waals surface area contributed by atoms with E-state index in [-0.39, 0.29) is 5.82 Å². The molecule has 0 radical (unpaired) electrons. The molecule has 0 aliphatic carbocycles. The van der Waals surface area contributed by atoms with Gasteiger partial charge in [0.25, 0.3) is 0 Å². The topological polar surface area (TPSA) is 33.7 Å². The van der Waals surface area contributed by atoms with Crippen LogP contribution in [0, 0.1) is 5.82 Å². The van der Waals surface area contributed by atoms with Crippen LogP contribution in [0.15, 0.2) is 42.5 Å². The molecule has 0 fully saturated rings. The second-order valence-electron chi connectivity index (χ2n) is 6.07. The van der Waals surface area contributed by atoms with Gasteiger partial charge in [-0.1, -0.05) is 38.1 Å². The molecule has 0 spiro atoms. The lowest BCUT2D eigenvalue weighted by Gasteiger charge is -2.19. The molecule has 5 heteroatoms. The Bertz CT molecular complexity index is 658. The zero-order valence-electron chi connectivity index (χ0n) is 15.9. The molecule has 0 atom stereocenters. The first-order chi connectivity index (χ1) is 12.7. The number of benzene rings is 2. The SMILES string of the molecule is CCN(CC)CCNCc1cccc(OC)c1OCc1ccc(F)cc1. The number of nitrogens with one attached hydrogen (secondary N) is 1. The van der Waals surface area contributed by atoms with Crippen molar-refractivity contribution in [2.45, 2.75) is 27.0 Å². The van der Waals surface area contributed by atoms with Gasteiger partial charge < -0.3 is 19.7 Å². The summed E-state index contributed by atoms with van der Waals surface area (Å²) in [6, 6.07) is 12.2. The lowest BCUT2D eigenvalue weighted by molar-refractivity contribution is 0.279. The Hall–Kier alpha value is -2.11. The summed E-state index contributed by atoms with van der Waals surface area (Å²) in [6.45, 7) is 9.47. The van der Waals surface area contributed by atoms with Gasteiger partial charge in [-0.25, -0.2) is 4.39 Å². The second-order valence-corrected chi connectivity index (χ2v) is 6.07. The third-order valence-corrected chi connectivity index (χ3v) is 4.39. The standard InChI is InChI=1S/C21H29FN2O2/c1-4-24(5-2)14-13-23-15-18-7-6-8-20(25-3)21(18)26-16-17-9-11-19(22)12-10-17/h6-12,23H,4-5,13-16H2,1-3H3. The summed E-state index contributed by atoms with van der Waals surface area (Å²) in [4.78, 5) is 2.38. The van der Waals surface area contributed by atoms with Crippen LogP contribution < -0.4 is 14.8 Å². The third-order valence-electron chi connectivity index (χ3n) is 4.39. The molecule has 142 valence electrons. The Morgan fingerprint density at radius 1 is 1.04 bits per heavy atom. The lowest BCUT2D eigenvalue weighted by atomic mass is 10.1. The minimum Gasteiger partial charge on any atom is -0.493 e. The average molecular weight is 360 g/mol. The molecule has 0 aromatic heterocycles. The van der Waals surface area contributed by atoms with Crippen LogP contribution in [-0.4, -0.2) is 38.2 Å². The van der Waals surface area contributed by atoms with Gasteiger partial charge in [0.15, 0.2) is 11.5 Å². The summed E-state index contributed by atoms with van der Waals surface area (Å²) >= 11 is 0. The van der Waals surface area contributed by atoms with E-state index in [1.165, 1.54) is 12.1 Å². The van der Waals surface area contributed by atoms with Crippen molar-refractivity contribution in [1.29, 1.82) is 0 Å². The largest absolute Gasteiger partial charge is 0.493 e. The number of hydrogen-bond donors (Lipinski definition) is 1. The van der Waals surface area contributed by atoms with Gasteiger partial charge in [0.05, 0.1) is 7.11 Å². The van der Waals surface area contributed by atoms with Crippen LogP contribution in [0.1, 0.15) is 25.0 Å². The van der Waals surface area contributed by atoms with Crippen LogP contribution >= 0.6 is 0 Å². The summed E-state index contributed by atoms with van der Waals surface area (Å²) in [5, 5.41) is 3.47.